The topological polar surface area (TPSA) is 32.3 Å². The maximum atomic E-state index is 11.3. The summed E-state index contributed by atoms with van der Waals surface area (Å²) in [7, 11) is 0. The summed E-state index contributed by atoms with van der Waals surface area (Å²) in [6.45, 7) is 7.73. The largest absolute Gasteiger partial charge is 0.326 e. The molecule has 70 valence electrons. The van der Waals surface area contributed by atoms with Crippen LogP contribution in [0.3, 0.4) is 0 Å². The summed E-state index contributed by atoms with van der Waals surface area (Å²) in [6.07, 6.45) is 1.34. The molecular weight excluding hydrogens is 152 g/mol. The van der Waals surface area contributed by atoms with Crippen LogP contribution < -0.4 is 5.32 Å². The number of nitrogens with zero attached hydrogens (tertiary/aromatic N) is 1. The Morgan fingerprint density at radius 1 is 1.67 bits per heavy atom. The van der Waals surface area contributed by atoms with Crippen LogP contribution in [0.2, 0.25) is 0 Å². The van der Waals surface area contributed by atoms with Crippen LogP contribution in [0.4, 0.5) is 0 Å². The maximum absolute atomic E-state index is 11.3. The smallest absolute Gasteiger partial charge is 0.237 e. The minimum Gasteiger partial charge on any atom is -0.326 e. The summed E-state index contributed by atoms with van der Waals surface area (Å²) < 4.78 is 0. The zero-order chi connectivity index (χ0) is 9.14. The van der Waals surface area contributed by atoms with Gasteiger partial charge in [-0.3, -0.25) is 10.1 Å². The zero-order valence-electron chi connectivity index (χ0n) is 8.13. The fourth-order valence-corrected chi connectivity index (χ4v) is 1.64. The van der Waals surface area contributed by atoms with Gasteiger partial charge >= 0.3 is 0 Å². The summed E-state index contributed by atoms with van der Waals surface area (Å²) in [5, 5.41) is 3.22. The van der Waals surface area contributed by atoms with Gasteiger partial charge < -0.3 is 4.90 Å². The normalized spacial score (nSPS) is 24.2. The zero-order valence-corrected chi connectivity index (χ0v) is 8.13. The van der Waals surface area contributed by atoms with Crippen molar-refractivity contribution in [2.45, 2.75) is 33.4 Å². The highest BCUT2D eigenvalue weighted by Crippen LogP contribution is 2.13. The van der Waals surface area contributed by atoms with E-state index in [0.29, 0.717) is 12.5 Å². The molecule has 1 saturated heterocycles. The minimum absolute atomic E-state index is 0.239. The second-order valence-corrected chi connectivity index (χ2v) is 3.71. The lowest BCUT2D eigenvalue weighted by Gasteiger charge is -2.23. The summed E-state index contributed by atoms with van der Waals surface area (Å²) in [4.78, 5) is 13.2. The van der Waals surface area contributed by atoms with Gasteiger partial charge in [0.2, 0.25) is 5.91 Å². The van der Waals surface area contributed by atoms with Crippen LogP contribution in [0.25, 0.3) is 0 Å². The second-order valence-electron chi connectivity index (χ2n) is 3.71. The van der Waals surface area contributed by atoms with Crippen LogP contribution in [0.5, 0.6) is 0 Å². The molecule has 0 saturated carbocycles. The number of amides is 1. The highest BCUT2D eigenvalue weighted by Gasteiger charge is 2.28. The van der Waals surface area contributed by atoms with Gasteiger partial charge in [-0.2, -0.15) is 0 Å². The molecule has 0 aromatic carbocycles. The number of likely N-dealkylation sites (N-methyl/N-ethyl adjacent to an activating group) is 1. The van der Waals surface area contributed by atoms with E-state index in [4.69, 9.17) is 0 Å². The van der Waals surface area contributed by atoms with Crippen LogP contribution >= 0.6 is 0 Å². The number of rotatable bonds is 3. The Labute approximate surface area is 74.1 Å². The van der Waals surface area contributed by atoms with Crippen molar-refractivity contribution in [2.75, 3.05) is 13.1 Å². The number of hydrogen-bond donors (Lipinski definition) is 1. The van der Waals surface area contributed by atoms with Gasteiger partial charge in [-0.15, -0.1) is 0 Å². The van der Waals surface area contributed by atoms with Crippen molar-refractivity contribution < 1.29 is 4.79 Å². The Morgan fingerprint density at radius 3 is 2.83 bits per heavy atom. The first kappa shape index (κ1) is 9.52. The Bertz CT molecular complexity index is 168. The average molecular weight is 170 g/mol. The van der Waals surface area contributed by atoms with E-state index in [-0.39, 0.29) is 12.1 Å². The van der Waals surface area contributed by atoms with Gasteiger partial charge in [0.05, 0.1) is 12.7 Å². The Hall–Kier alpha value is -0.570. The van der Waals surface area contributed by atoms with Crippen molar-refractivity contribution >= 4 is 5.91 Å². The predicted molar refractivity (Wildman–Crippen MR) is 48.6 cm³/mol. The fraction of sp³-hybridized carbons (Fsp3) is 0.889. The van der Waals surface area contributed by atoms with Crippen molar-refractivity contribution in [1.82, 2.24) is 10.2 Å². The lowest BCUT2D eigenvalue weighted by molar-refractivity contribution is -0.127. The van der Waals surface area contributed by atoms with Crippen molar-refractivity contribution in [3.05, 3.63) is 0 Å². The predicted octanol–water partition coefficient (Wildman–Crippen LogP) is 0.810. The van der Waals surface area contributed by atoms with Gasteiger partial charge in [-0.1, -0.05) is 13.8 Å². The molecule has 1 heterocycles. The van der Waals surface area contributed by atoms with Crippen LogP contribution in [0.15, 0.2) is 0 Å². The molecule has 1 rings (SSSR count). The highest BCUT2D eigenvalue weighted by molar-refractivity contribution is 5.80. The quantitative estimate of drug-likeness (QED) is 0.680. The van der Waals surface area contributed by atoms with Gasteiger partial charge in [-0.25, -0.2) is 0 Å². The molecule has 0 spiro atoms. The van der Waals surface area contributed by atoms with Crippen molar-refractivity contribution in [1.29, 1.82) is 0 Å². The molecule has 3 heteroatoms. The molecule has 1 N–H and O–H groups in total. The van der Waals surface area contributed by atoms with Gasteiger partial charge in [0.25, 0.3) is 0 Å². The van der Waals surface area contributed by atoms with Gasteiger partial charge in [0, 0.05) is 6.54 Å². The minimum atomic E-state index is 0.239. The lowest BCUT2D eigenvalue weighted by atomic mass is 10.1. The molecule has 0 aromatic rings. The van der Waals surface area contributed by atoms with E-state index < -0.39 is 0 Å². The second kappa shape index (κ2) is 3.90. The number of carbonyl (C=O) groups is 1. The molecule has 0 aliphatic carbocycles. The molecule has 1 aliphatic rings. The Balaban J connectivity index is 2.48. The van der Waals surface area contributed by atoms with E-state index in [1.54, 1.807) is 0 Å². The number of hydrogen-bond acceptors (Lipinski definition) is 2. The first-order chi connectivity index (χ1) is 5.65. The Morgan fingerprint density at radius 2 is 2.33 bits per heavy atom. The molecule has 0 radical (unpaired) electrons. The molecule has 3 nitrogen and oxygen atoms in total. The molecule has 1 fully saturated rings. The Kier molecular flexibility index (Phi) is 3.09. The van der Waals surface area contributed by atoms with Crippen LogP contribution in [0.1, 0.15) is 27.2 Å². The van der Waals surface area contributed by atoms with E-state index in [9.17, 15) is 4.79 Å². The summed E-state index contributed by atoms with van der Waals surface area (Å²) in [5.41, 5.74) is 0. The van der Waals surface area contributed by atoms with E-state index in [0.717, 1.165) is 13.0 Å². The summed E-state index contributed by atoms with van der Waals surface area (Å²) in [5.74, 6) is 0.880. The van der Waals surface area contributed by atoms with Crippen molar-refractivity contribution in [3.8, 4) is 0 Å². The lowest BCUT2D eigenvalue weighted by Crippen LogP contribution is -2.38. The molecule has 1 amide bonds. The number of carbonyl (C=O) groups excluding carboxylic acids is 1. The molecular formula is C9H18N2O. The third-order valence-corrected chi connectivity index (χ3v) is 2.22. The first-order valence-corrected chi connectivity index (χ1v) is 4.68. The van der Waals surface area contributed by atoms with Crippen LogP contribution in [-0.4, -0.2) is 30.1 Å². The van der Waals surface area contributed by atoms with Gasteiger partial charge in [0.15, 0.2) is 0 Å². The van der Waals surface area contributed by atoms with E-state index in [1.807, 2.05) is 11.8 Å². The van der Waals surface area contributed by atoms with Crippen molar-refractivity contribution in [3.63, 3.8) is 0 Å². The molecule has 1 aliphatic heterocycles. The monoisotopic (exact) mass is 170 g/mol. The average Bonchev–Trinajstić information content (AvgIpc) is 2.30. The SMILES string of the molecule is CCN1C(=O)CNC1CC(C)C. The summed E-state index contributed by atoms with van der Waals surface area (Å²) >= 11 is 0. The number of nitrogens with one attached hydrogen (secondary N) is 1. The standard InChI is InChI=1S/C9H18N2O/c1-4-11-8(5-7(2)3)10-6-9(11)12/h7-8,10H,4-6H2,1-3H3. The molecule has 12 heavy (non-hydrogen) atoms. The first-order valence-electron chi connectivity index (χ1n) is 4.68. The highest BCUT2D eigenvalue weighted by atomic mass is 16.2. The van der Waals surface area contributed by atoms with Crippen LogP contribution in [0, 0.1) is 5.92 Å². The third-order valence-electron chi connectivity index (χ3n) is 2.22. The molecule has 1 unspecified atom stereocenters. The van der Waals surface area contributed by atoms with E-state index in [2.05, 4.69) is 19.2 Å². The van der Waals surface area contributed by atoms with Gasteiger partial charge in [0.1, 0.15) is 0 Å². The van der Waals surface area contributed by atoms with E-state index >= 15 is 0 Å². The van der Waals surface area contributed by atoms with Crippen LogP contribution in [-0.2, 0) is 4.79 Å². The van der Waals surface area contributed by atoms with E-state index in [1.165, 1.54) is 0 Å². The fourth-order valence-electron chi connectivity index (χ4n) is 1.64. The molecule has 1 atom stereocenters. The van der Waals surface area contributed by atoms with Gasteiger partial charge in [-0.05, 0) is 19.3 Å². The molecule has 0 bridgehead atoms. The maximum Gasteiger partial charge on any atom is 0.237 e. The summed E-state index contributed by atoms with van der Waals surface area (Å²) in [6, 6.07) is 0. The van der Waals surface area contributed by atoms with Crippen molar-refractivity contribution in [2.24, 2.45) is 5.92 Å². The molecule has 0 aromatic heterocycles. The third kappa shape index (κ3) is 1.97.